The van der Waals surface area contributed by atoms with Crippen LogP contribution in [0, 0.1) is 0 Å². The van der Waals surface area contributed by atoms with Crippen molar-refractivity contribution in [1.29, 1.82) is 0 Å². The summed E-state index contributed by atoms with van der Waals surface area (Å²) >= 11 is 0. The predicted molar refractivity (Wildman–Crippen MR) is 120 cm³/mol. The van der Waals surface area contributed by atoms with Gasteiger partial charge in [-0.15, -0.1) is 0 Å². The van der Waals surface area contributed by atoms with Crippen LogP contribution in [-0.2, 0) is 6.18 Å². The number of ether oxygens (including phenoxy) is 1. The standard InChI is InChI=1S/C23H21F3N6O2/c1-34-20-11-19(27-13-28-20)30-22(33)32-16-6-3-9-31(12-16)18-8-7-17(29-21(18)32)14-4-2-5-15(10-14)23(24,25)26/h2,4-5,7-8,10-11,13,16H,3,6,9,12H2,1H3,(H,27,28,30,33)/t16-/m0/s1. The van der Waals surface area contributed by atoms with Gasteiger partial charge in [0.15, 0.2) is 5.82 Å². The van der Waals surface area contributed by atoms with E-state index in [9.17, 15) is 18.0 Å². The van der Waals surface area contributed by atoms with Gasteiger partial charge in [0.25, 0.3) is 0 Å². The lowest BCUT2D eigenvalue weighted by Gasteiger charge is -2.45. The number of pyridine rings is 1. The largest absolute Gasteiger partial charge is 0.481 e. The van der Waals surface area contributed by atoms with Gasteiger partial charge in [0.2, 0.25) is 5.88 Å². The highest BCUT2D eigenvalue weighted by molar-refractivity contribution is 6.04. The molecule has 0 radical (unpaired) electrons. The third kappa shape index (κ3) is 4.09. The minimum atomic E-state index is -4.46. The number of methoxy groups -OCH3 is 1. The van der Waals surface area contributed by atoms with E-state index in [1.54, 1.807) is 17.0 Å². The summed E-state index contributed by atoms with van der Waals surface area (Å²) in [6.07, 6.45) is -1.49. The summed E-state index contributed by atoms with van der Waals surface area (Å²) in [7, 11) is 1.46. The smallest absolute Gasteiger partial charge is 0.416 e. The molecule has 3 aromatic rings. The first-order valence-corrected chi connectivity index (χ1v) is 10.7. The number of hydrogen-bond donors (Lipinski definition) is 1. The molecule has 1 fully saturated rings. The fraction of sp³-hybridized carbons (Fsp3) is 0.304. The third-order valence-electron chi connectivity index (χ3n) is 5.98. The lowest BCUT2D eigenvalue weighted by molar-refractivity contribution is -0.137. The number of nitrogens with one attached hydrogen (secondary N) is 1. The summed E-state index contributed by atoms with van der Waals surface area (Å²) < 4.78 is 44.8. The average molecular weight is 470 g/mol. The molecule has 2 amide bonds. The number of carbonyl (C=O) groups excluding carboxylic acids is 1. The SMILES string of the molecule is COc1cc(NC(=O)N2c3nc(-c4cccc(C(F)(F)F)c4)ccc3N3CCC[C@H]2C3)ncn1. The van der Waals surface area contributed by atoms with E-state index < -0.39 is 17.8 Å². The van der Waals surface area contributed by atoms with Crippen molar-refractivity contribution in [3.05, 3.63) is 54.4 Å². The summed E-state index contributed by atoms with van der Waals surface area (Å²) in [5.41, 5.74) is 0.691. The maximum absolute atomic E-state index is 13.4. The lowest BCUT2D eigenvalue weighted by atomic mass is 9.99. The van der Waals surface area contributed by atoms with Gasteiger partial charge in [-0.1, -0.05) is 12.1 Å². The molecule has 1 aromatic carbocycles. The molecule has 5 rings (SSSR count). The number of fused-ring (bicyclic) bond motifs is 4. The summed E-state index contributed by atoms with van der Waals surface area (Å²) in [4.78, 5) is 29.8. The zero-order valence-corrected chi connectivity index (χ0v) is 18.2. The second kappa shape index (κ2) is 8.47. The number of hydrogen-bond acceptors (Lipinski definition) is 6. The van der Waals surface area contributed by atoms with Crippen molar-refractivity contribution in [3.63, 3.8) is 0 Å². The molecule has 2 aliphatic heterocycles. The van der Waals surface area contributed by atoms with Crippen molar-refractivity contribution in [2.24, 2.45) is 0 Å². The van der Waals surface area contributed by atoms with E-state index >= 15 is 0 Å². The molecule has 2 aromatic heterocycles. The zero-order chi connectivity index (χ0) is 23.9. The first-order valence-electron chi connectivity index (χ1n) is 10.7. The number of halogens is 3. The fourth-order valence-corrected chi connectivity index (χ4v) is 4.39. The highest BCUT2D eigenvalue weighted by atomic mass is 19.4. The van der Waals surface area contributed by atoms with Crippen LogP contribution in [0.2, 0.25) is 0 Å². The third-order valence-corrected chi connectivity index (χ3v) is 5.98. The van der Waals surface area contributed by atoms with Gasteiger partial charge < -0.3 is 9.64 Å². The fourth-order valence-electron chi connectivity index (χ4n) is 4.39. The number of aromatic nitrogens is 3. The van der Waals surface area contributed by atoms with Crippen LogP contribution in [0.3, 0.4) is 0 Å². The zero-order valence-electron chi connectivity index (χ0n) is 18.2. The normalized spacial score (nSPS) is 17.2. The van der Waals surface area contributed by atoms with Crippen molar-refractivity contribution in [1.82, 2.24) is 15.0 Å². The highest BCUT2D eigenvalue weighted by Crippen LogP contribution is 2.40. The molecule has 4 heterocycles. The van der Waals surface area contributed by atoms with Gasteiger partial charge in [0.05, 0.1) is 30.1 Å². The number of piperidine rings is 1. The number of nitrogens with zero attached hydrogens (tertiary/aromatic N) is 5. The van der Waals surface area contributed by atoms with E-state index in [0.29, 0.717) is 29.5 Å². The van der Waals surface area contributed by atoms with Crippen LogP contribution in [0.15, 0.2) is 48.8 Å². The lowest BCUT2D eigenvalue weighted by Crippen LogP contribution is -2.56. The molecule has 0 spiro atoms. The Kier molecular flexibility index (Phi) is 5.46. The van der Waals surface area contributed by atoms with Crippen LogP contribution in [0.5, 0.6) is 5.88 Å². The quantitative estimate of drug-likeness (QED) is 0.603. The Hall–Kier alpha value is -3.89. The molecule has 0 saturated carbocycles. The van der Waals surface area contributed by atoms with Crippen molar-refractivity contribution in [2.45, 2.75) is 25.1 Å². The van der Waals surface area contributed by atoms with Gasteiger partial charge in [-0.25, -0.2) is 19.7 Å². The van der Waals surface area contributed by atoms with E-state index in [1.807, 2.05) is 6.07 Å². The molecule has 176 valence electrons. The Morgan fingerprint density at radius 1 is 1.18 bits per heavy atom. The number of alkyl halides is 3. The molecule has 0 unspecified atom stereocenters. The van der Waals surface area contributed by atoms with Gasteiger partial charge in [-0.3, -0.25) is 10.2 Å². The van der Waals surface area contributed by atoms with E-state index in [-0.39, 0.29) is 11.9 Å². The predicted octanol–water partition coefficient (Wildman–Crippen LogP) is 4.59. The van der Waals surface area contributed by atoms with Gasteiger partial charge in [-0.05, 0) is 37.1 Å². The minimum Gasteiger partial charge on any atom is -0.481 e. The van der Waals surface area contributed by atoms with E-state index in [0.717, 1.165) is 37.2 Å². The number of anilines is 3. The van der Waals surface area contributed by atoms with Gasteiger partial charge in [-0.2, -0.15) is 13.2 Å². The van der Waals surface area contributed by atoms with Gasteiger partial charge in [0, 0.05) is 24.7 Å². The van der Waals surface area contributed by atoms with Gasteiger partial charge in [0.1, 0.15) is 12.1 Å². The Balaban J connectivity index is 1.53. The summed E-state index contributed by atoms with van der Waals surface area (Å²) in [6, 6.07) is 9.46. The van der Waals surface area contributed by atoms with Crippen molar-refractivity contribution in [2.75, 3.05) is 35.3 Å². The Labute approximate surface area is 193 Å². The number of benzene rings is 1. The molecule has 0 aliphatic carbocycles. The summed E-state index contributed by atoms with van der Waals surface area (Å²) in [5.74, 6) is 0.980. The number of rotatable bonds is 3. The minimum absolute atomic E-state index is 0.130. The molecule has 2 bridgehead atoms. The first kappa shape index (κ1) is 21.9. The molecule has 1 N–H and O–H groups in total. The van der Waals surface area contributed by atoms with Crippen LogP contribution >= 0.6 is 0 Å². The van der Waals surface area contributed by atoms with Crippen LogP contribution in [0.4, 0.5) is 35.3 Å². The Morgan fingerprint density at radius 3 is 2.82 bits per heavy atom. The molecule has 8 nitrogen and oxygen atoms in total. The summed E-state index contributed by atoms with van der Waals surface area (Å²) in [6.45, 7) is 1.48. The van der Waals surface area contributed by atoms with E-state index in [2.05, 4.69) is 25.2 Å². The molecule has 34 heavy (non-hydrogen) atoms. The summed E-state index contributed by atoms with van der Waals surface area (Å²) in [5, 5.41) is 2.77. The number of amides is 2. The molecule has 11 heteroatoms. The Morgan fingerprint density at radius 2 is 2.03 bits per heavy atom. The van der Waals surface area contributed by atoms with Crippen molar-refractivity contribution < 1.29 is 22.7 Å². The molecular formula is C23H21F3N6O2. The van der Waals surface area contributed by atoms with Gasteiger partial charge >= 0.3 is 12.2 Å². The van der Waals surface area contributed by atoms with Crippen LogP contribution in [-0.4, -0.2) is 47.2 Å². The van der Waals surface area contributed by atoms with E-state index in [1.165, 1.54) is 25.6 Å². The second-order valence-corrected chi connectivity index (χ2v) is 8.11. The topological polar surface area (TPSA) is 83.5 Å². The average Bonchev–Trinajstić information content (AvgIpc) is 2.83. The molecular weight excluding hydrogens is 449 g/mol. The van der Waals surface area contributed by atoms with Crippen LogP contribution < -0.4 is 19.9 Å². The van der Waals surface area contributed by atoms with Crippen molar-refractivity contribution >= 4 is 23.4 Å². The first-order chi connectivity index (χ1) is 16.3. The van der Waals surface area contributed by atoms with Crippen molar-refractivity contribution in [3.8, 4) is 17.1 Å². The highest BCUT2D eigenvalue weighted by Gasteiger charge is 2.38. The molecule has 2 aliphatic rings. The monoisotopic (exact) mass is 470 g/mol. The second-order valence-electron chi connectivity index (χ2n) is 8.11. The number of urea groups is 1. The van der Waals surface area contributed by atoms with Crippen LogP contribution in [0.1, 0.15) is 18.4 Å². The number of carbonyl (C=O) groups is 1. The van der Waals surface area contributed by atoms with Crippen LogP contribution in [0.25, 0.3) is 11.3 Å². The maximum Gasteiger partial charge on any atom is 0.416 e. The molecule has 1 atom stereocenters. The Bertz CT molecular complexity index is 1240. The maximum atomic E-state index is 13.4. The van der Waals surface area contributed by atoms with E-state index in [4.69, 9.17) is 4.74 Å². The molecule has 1 saturated heterocycles.